The van der Waals surface area contributed by atoms with E-state index in [9.17, 15) is 9.90 Å². The number of benzene rings is 2. The van der Waals surface area contributed by atoms with Gasteiger partial charge in [0, 0.05) is 23.8 Å². The van der Waals surface area contributed by atoms with Gasteiger partial charge >= 0.3 is 0 Å². The molecule has 1 heterocycles. The number of hydrogen-bond donors (Lipinski definition) is 1. The molecular formula is C18H20O3. The van der Waals surface area contributed by atoms with Gasteiger partial charge in [-0.1, -0.05) is 44.2 Å². The van der Waals surface area contributed by atoms with Crippen LogP contribution in [0.5, 0.6) is 5.75 Å². The van der Waals surface area contributed by atoms with E-state index in [4.69, 9.17) is 4.74 Å². The highest BCUT2D eigenvalue weighted by atomic mass is 16.5. The maximum Gasteiger partial charge on any atom is 0.170 e. The molecule has 0 aliphatic carbocycles. The van der Waals surface area contributed by atoms with E-state index in [1.807, 2.05) is 50.2 Å². The van der Waals surface area contributed by atoms with E-state index in [1.54, 1.807) is 0 Å². The minimum absolute atomic E-state index is 0.101. The number of carbonyl (C=O) groups is 1. The molecule has 0 bridgehead atoms. The van der Waals surface area contributed by atoms with Crippen LogP contribution in [0.2, 0.25) is 0 Å². The lowest BCUT2D eigenvalue weighted by Gasteiger charge is -2.37. The maximum absolute atomic E-state index is 12.4. The van der Waals surface area contributed by atoms with Crippen LogP contribution in [0.3, 0.4) is 0 Å². The van der Waals surface area contributed by atoms with Gasteiger partial charge in [-0.05, 0) is 17.9 Å². The van der Waals surface area contributed by atoms with Crippen LogP contribution in [0, 0.1) is 5.41 Å². The first-order valence-electron chi connectivity index (χ1n) is 7.35. The second kappa shape index (κ2) is 5.15. The quantitative estimate of drug-likeness (QED) is 0.937. The van der Waals surface area contributed by atoms with Gasteiger partial charge in [-0.2, -0.15) is 0 Å². The highest BCUT2D eigenvalue weighted by Gasteiger charge is 2.37. The van der Waals surface area contributed by atoms with Gasteiger partial charge in [0.2, 0.25) is 0 Å². The molecule has 0 unspecified atom stereocenters. The fraction of sp³-hybridized carbons (Fsp3) is 0.389. The van der Waals surface area contributed by atoms with Crippen LogP contribution in [0.25, 0.3) is 10.8 Å². The molecule has 110 valence electrons. The molecule has 0 spiro atoms. The van der Waals surface area contributed by atoms with Crippen molar-refractivity contribution in [2.24, 2.45) is 5.41 Å². The van der Waals surface area contributed by atoms with Crippen molar-refractivity contribution in [3.63, 3.8) is 0 Å². The lowest BCUT2D eigenvalue weighted by Crippen LogP contribution is -2.40. The molecule has 2 aromatic carbocycles. The fourth-order valence-electron chi connectivity index (χ4n) is 2.94. The normalized spacial score (nSPS) is 18.4. The minimum atomic E-state index is -0.237. The molecule has 0 fully saturated rings. The third-order valence-electron chi connectivity index (χ3n) is 4.44. The number of hydrogen-bond acceptors (Lipinski definition) is 3. The van der Waals surface area contributed by atoms with E-state index in [1.165, 1.54) is 0 Å². The Hall–Kier alpha value is -1.87. The smallest absolute Gasteiger partial charge is 0.170 e. The molecule has 0 amide bonds. The van der Waals surface area contributed by atoms with Gasteiger partial charge in [-0.25, -0.2) is 0 Å². The minimum Gasteiger partial charge on any atom is -0.488 e. The van der Waals surface area contributed by atoms with Crippen LogP contribution in [0.15, 0.2) is 36.4 Å². The fourth-order valence-corrected chi connectivity index (χ4v) is 2.94. The van der Waals surface area contributed by atoms with Crippen LogP contribution < -0.4 is 4.74 Å². The monoisotopic (exact) mass is 284 g/mol. The molecule has 21 heavy (non-hydrogen) atoms. The van der Waals surface area contributed by atoms with E-state index in [0.717, 1.165) is 10.8 Å². The van der Waals surface area contributed by atoms with E-state index >= 15 is 0 Å². The highest BCUT2D eigenvalue weighted by molar-refractivity contribution is 6.06. The van der Waals surface area contributed by atoms with Crippen molar-refractivity contribution in [1.82, 2.24) is 0 Å². The number of fused-ring (bicyclic) bond motifs is 3. The number of aliphatic hydroxyl groups excluding tert-OH is 1. The van der Waals surface area contributed by atoms with Gasteiger partial charge in [0.05, 0.1) is 5.56 Å². The SMILES string of the molecule is CC(C)(CCO)[C@@H]1CC(=O)c2ccc3ccccc3c2O1. The lowest BCUT2D eigenvalue weighted by atomic mass is 9.79. The number of ether oxygens (including phenoxy) is 1. The molecule has 1 aliphatic rings. The molecule has 2 aromatic rings. The van der Waals surface area contributed by atoms with Crippen molar-refractivity contribution in [1.29, 1.82) is 0 Å². The second-order valence-corrected chi connectivity index (χ2v) is 6.36. The third kappa shape index (κ3) is 2.42. The standard InChI is InChI=1S/C18H20O3/c1-18(2,9-10-19)16-11-15(20)14-8-7-12-5-3-4-6-13(12)17(14)21-16/h3-8,16,19H,9-11H2,1-2H3/t16-/m0/s1. The van der Waals surface area contributed by atoms with Crippen LogP contribution in [-0.2, 0) is 0 Å². The van der Waals surface area contributed by atoms with Crippen molar-refractivity contribution in [2.75, 3.05) is 6.61 Å². The average molecular weight is 284 g/mol. The first-order valence-corrected chi connectivity index (χ1v) is 7.35. The summed E-state index contributed by atoms with van der Waals surface area (Å²) in [6.45, 7) is 4.18. The molecule has 3 heteroatoms. The van der Waals surface area contributed by atoms with Gasteiger partial charge in [0.25, 0.3) is 0 Å². The molecule has 0 aromatic heterocycles. The summed E-state index contributed by atoms with van der Waals surface area (Å²) in [5.74, 6) is 0.818. The molecule has 1 N–H and O–H groups in total. The molecule has 1 aliphatic heterocycles. The summed E-state index contributed by atoms with van der Waals surface area (Å²) in [6.07, 6.45) is 0.791. The maximum atomic E-state index is 12.4. The Morgan fingerprint density at radius 3 is 2.76 bits per heavy atom. The van der Waals surface area contributed by atoms with Crippen LogP contribution >= 0.6 is 0 Å². The number of ketones is 1. The third-order valence-corrected chi connectivity index (χ3v) is 4.44. The summed E-state index contributed by atoms with van der Waals surface area (Å²) in [5, 5.41) is 11.3. The summed E-state index contributed by atoms with van der Waals surface area (Å²) < 4.78 is 6.20. The number of carbonyl (C=O) groups excluding carboxylic acids is 1. The topological polar surface area (TPSA) is 46.5 Å². The second-order valence-electron chi connectivity index (χ2n) is 6.36. The molecule has 3 nitrogen and oxygen atoms in total. The van der Waals surface area contributed by atoms with Gasteiger partial charge < -0.3 is 9.84 Å². The van der Waals surface area contributed by atoms with Gasteiger partial charge in [-0.3, -0.25) is 4.79 Å². The molecule has 1 atom stereocenters. The van der Waals surface area contributed by atoms with Gasteiger partial charge in [-0.15, -0.1) is 0 Å². The highest BCUT2D eigenvalue weighted by Crippen LogP contribution is 2.40. The van der Waals surface area contributed by atoms with Crippen LogP contribution in [0.4, 0.5) is 0 Å². The van der Waals surface area contributed by atoms with Crippen molar-refractivity contribution in [2.45, 2.75) is 32.8 Å². The van der Waals surface area contributed by atoms with E-state index in [2.05, 4.69) is 0 Å². The van der Waals surface area contributed by atoms with Gasteiger partial charge in [0.15, 0.2) is 5.78 Å². The van der Waals surface area contributed by atoms with E-state index in [0.29, 0.717) is 24.2 Å². The number of aliphatic hydroxyl groups is 1. The van der Waals surface area contributed by atoms with Crippen molar-refractivity contribution in [3.05, 3.63) is 42.0 Å². The van der Waals surface area contributed by atoms with Crippen molar-refractivity contribution < 1.29 is 14.6 Å². The largest absolute Gasteiger partial charge is 0.488 e. The molecule has 0 saturated carbocycles. The average Bonchev–Trinajstić information content (AvgIpc) is 2.47. The predicted octanol–water partition coefficient (Wildman–Crippen LogP) is 3.58. The predicted molar refractivity (Wildman–Crippen MR) is 82.8 cm³/mol. The molecule has 3 rings (SSSR count). The zero-order valence-corrected chi connectivity index (χ0v) is 12.4. The Bertz CT molecular complexity index is 688. The van der Waals surface area contributed by atoms with Crippen molar-refractivity contribution in [3.8, 4) is 5.75 Å². The van der Waals surface area contributed by atoms with Gasteiger partial charge in [0.1, 0.15) is 11.9 Å². The first kappa shape index (κ1) is 14.1. The Morgan fingerprint density at radius 2 is 2.00 bits per heavy atom. The Labute approximate surface area is 124 Å². The zero-order chi connectivity index (χ0) is 15.0. The summed E-state index contributed by atoms with van der Waals surface area (Å²) in [6, 6.07) is 11.8. The molecule has 0 radical (unpaired) electrons. The summed E-state index contributed by atoms with van der Waals surface area (Å²) >= 11 is 0. The molecular weight excluding hydrogens is 264 g/mol. The van der Waals surface area contributed by atoms with Crippen molar-refractivity contribution >= 4 is 16.6 Å². The summed E-state index contributed by atoms with van der Waals surface area (Å²) in [5.41, 5.74) is 0.434. The zero-order valence-electron chi connectivity index (χ0n) is 12.4. The Balaban J connectivity index is 2.08. The molecule has 0 saturated heterocycles. The number of Topliss-reactive ketones (excluding diaryl/α,β-unsaturated/α-hetero) is 1. The number of rotatable bonds is 3. The Kier molecular flexibility index (Phi) is 3.46. The Morgan fingerprint density at radius 1 is 1.24 bits per heavy atom. The first-order chi connectivity index (χ1) is 10.0. The van der Waals surface area contributed by atoms with E-state index in [-0.39, 0.29) is 23.9 Å². The van der Waals surface area contributed by atoms with Crippen LogP contribution in [0.1, 0.15) is 37.0 Å². The van der Waals surface area contributed by atoms with Crippen LogP contribution in [-0.4, -0.2) is 23.6 Å². The summed E-state index contributed by atoms with van der Waals surface area (Å²) in [7, 11) is 0. The summed E-state index contributed by atoms with van der Waals surface area (Å²) in [4.78, 5) is 12.4. The van der Waals surface area contributed by atoms with E-state index < -0.39 is 0 Å². The lowest BCUT2D eigenvalue weighted by molar-refractivity contribution is 0.0348.